The van der Waals surface area contributed by atoms with Crippen LogP contribution in [-0.2, 0) is 33.3 Å². The second kappa shape index (κ2) is 68.9. The van der Waals surface area contributed by atoms with Crippen LogP contribution in [0.2, 0.25) is 0 Å². The Morgan fingerprint density at radius 2 is 0.621 bits per heavy atom. The molecule has 0 rings (SSSR count). The van der Waals surface area contributed by atoms with Crippen LogP contribution < -0.4 is 0 Å². The summed E-state index contributed by atoms with van der Waals surface area (Å²) in [5, 5.41) is 9.76. The Kier molecular flexibility index (Phi) is 66.5. The number of quaternary nitrogens is 1. The number of hydrogen-bond donors (Lipinski definition) is 1. The Bertz CT molecular complexity index is 1610. The van der Waals surface area contributed by atoms with Gasteiger partial charge in [0, 0.05) is 12.8 Å². The van der Waals surface area contributed by atoms with Gasteiger partial charge < -0.3 is 28.5 Å². The summed E-state index contributed by atoms with van der Waals surface area (Å²) in [6.07, 6.45) is 87.8. The third-order valence-electron chi connectivity index (χ3n) is 16.7. The maximum absolute atomic E-state index is 13.0. The summed E-state index contributed by atoms with van der Waals surface area (Å²) < 4.78 is 23.0. The molecule has 0 aliphatic carbocycles. The predicted octanol–water partition coefficient (Wildman–Crippen LogP) is 23.5. The third kappa shape index (κ3) is 70.3. The van der Waals surface area contributed by atoms with Crippen LogP contribution in [0, 0.1) is 0 Å². The number of hydrogen-bond acceptors (Lipinski definition) is 7. The number of nitrogens with zero attached hydrogens (tertiary/aromatic N) is 1. The highest BCUT2D eigenvalue weighted by molar-refractivity contribution is 5.71. The Hall–Kier alpha value is -3.01. The highest BCUT2D eigenvalue weighted by Gasteiger charge is 2.25. The number of carbonyl (C=O) groups excluding carboxylic acids is 2. The zero-order valence-electron chi connectivity index (χ0n) is 58.2. The quantitative estimate of drug-likeness (QED) is 0.0211. The van der Waals surface area contributed by atoms with Crippen molar-refractivity contribution < 1.29 is 42.9 Å². The van der Waals surface area contributed by atoms with Crippen LogP contribution in [0.15, 0.2) is 60.8 Å². The smallest absolute Gasteiger partial charge is 0.361 e. The Labute approximate surface area is 539 Å². The van der Waals surface area contributed by atoms with Crippen LogP contribution >= 0.6 is 0 Å². The van der Waals surface area contributed by atoms with E-state index in [-0.39, 0.29) is 38.2 Å². The average Bonchev–Trinajstić information content (AvgIpc) is 3.57. The van der Waals surface area contributed by atoms with Gasteiger partial charge in [-0.3, -0.25) is 9.59 Å². The lowest BCUT2D eigenvalue weighted by atomic mass is 10.0. The summed E-state index contributed by atoms with van der Waals surface area (Å²) in [5.41, 5.74) is 0. The first-order valence-corrected chi connectivity index (χ1v) is 37.5. The van der Waals surface area contributed by atoms with Crippen molar-refractivity contribution in [1.29, 1.82) is 0 Å². The number of carboxylic acid groups (broad SMARTS) is 1. The van der Waals surface area contributed by atoms with Gasteiger partial charge in [0.05, 0.1) is 34.4 Å². The van der Waals surface area contributed by atoms with Crippen LogP contribution in [0.25, 0.3) is 0 Å². The van der Waals surface area contributed by atoms with Gasteiger partial charge in [-0.15, -0.1) is 0 Å². The lowest BCUT2D eigenvalue weighted by molar-refractivity contribution is -0.870. The van der Waals surface area contributed by atoms with E-state index < -0.39 is 18.4 Å². The normalized spacial score (nSPS) is 13.0. The maximum atomic E-state index is 13.0. The molecule has 0 fully saturated rings. The molecule has 2 atom stereocenters. The molecule has 0 saturated heterocycles. The molecular weight excluding hydrogens is 1080 g/mol. The summed E-state index contributed by atoms with van der Waals surface area (Å²) in [4.78, 5) is 37.7. The van der Waals surface area contributed by atoms with Gasteiger partial charge in [-0.2, -0.15) is 0 Å². The van der Waals surface area contributed by atoms with Crippen molar-refractivity contribution in [2.45, 2.75) is 373 Å². The highest BCUT2D eigenvalue weighted by atomic mass is 16.7. The molecule has 508 valence electrons. The molecule has 0 bridgehead atoms. The van der Waals surface area contributed by atoms with E-state index in [1.807, 2.05) is 21.1 Å². The molecule has 0 aliphatic heterocycles. The van der Waals surface area contributed by atoms with Crippen molar-refractivity contribution in [2.24, 2.45) is 0 Å². The maximum Gasteiger partial charge on any atom is 0.361 e. The van der Waals surface area contributed by atoms with E-state index in [1.165, 1.54) is 276 Å². The molecule has 0 saturated carbocycles. The van der Waals surface area contributed by atoms with Crippen molar-refractivity contribution in [2.75, 3.05) is 47.5 Å². The predicted molar refractivity (Wildman–Crippen MR) is 373 cm³/mol. The molecular formula is C78H144NO8+. The van der Waals surface area contributed by atoms with Crippen molar-refractivity contribution in [3.63, 3.8) is 0 Å². The molecule has 0 spiro atoms. The molecule has 9 heteroatoms. The molecule has 0 heterocycles. The topological polar surface area (TPSA) is 108 Å². The fourth-order valence-electron chi connectivity index (χ4n) is 11.0. The second-order valence-electron chi connectivity index (χ2n) is 26.6. The third-order valence-corrected chi connectivity index (χ3v) is 16.7. The van der Waals surface area contributed by atoms with Gasteiger partial charge in [-0.1, -0.05) is 325 Å². The number of rotatable bonds is 70. The van der Waals surface area contributed by atoms with Crippen LogP contribution in [0.4, 0.5) is 0 Å². The first kappa shape index (κ1) is 84.0. The van der Waals surface area contributed by atoms with Crippen LogP contribution in [0.1, 0.15) is 361 Å². The Balaban J connectivity index is 4.02. The first-order chi connectivity index (χ1) is 42.6. The molecule has 9 nitrogen and oxygen atoms in total. The molecule has 0 aromatic rings. The minimum Gasteiger partial charge on any atom is -0.477 e. The van der Waals surface area contributed by atoms with Crippen molar-refractivity contribution >= 4 is 17.9 Å². The van der Waals surface area contributed by atoms with E-state index in [2.05, 4.69) is 74.6 Å². The summed E-state index contributed by atoms with van der Waals surface area (Å²) >= 11 is 0. The number of ether oxygens (including phenoxy) is 4. The second-order valence-corrected chi connectivity index (χ2v) is 26.6. The SMILES string of the molecule is CCCCCCC/C=C\C/C=C\C/C=C\CCCCCCCCCCCCCCCCCCCCCCCCC(=O)OC(COC(=O)CCCCCCCCCCCCCCC/C=C\C/C=C\CCCCCCC)COC(OCC[N+](C)(C)C)C(=O)O. The van der Waals surface area contributed by atoms with Gasteiger partial charge in [0.15, 0.2) is 6.10 Å². The average molecular weight is 1220 g/mol. The standard InChI is InChI=1S/C78H143NO8/c1-6-8-10-12-14-16-18-20-22-24-26-28-30-32-33-34-35-36-37-38-39-40-41-42-43-45-47-49-51-53-55-57-59-61-63-65-67-69-76(81)87-74(73-86-78(77(82)83)84-71-70-79(3,4)5)72-85-75(80)68-66-64-62-60-58-56-54-52-50-48-46-44-31-29-27-25-23-21-19-17-15-13-11-9-7-2/h18-21,24-27,30,32,74,78H,6-17,22-23,28-29,31,33-73H2,1-5H3/p+1/b20-18-,21-19-,26-24-,27-25-,32-30-. The van der Waals surface area contributed by atoms with Gasteiger partial charge in [-0.05, 0) is 83.5 Å². The van der Waals surface area contributed by atoms with Gasteiger partial charge >= 0.3 is 17.9 Å². The molecule has 0 amide bonds. The number of carbonyl (C=O) groups is 3. The molecule has 0 aromatic carbocycles. The van der Waals surface area contributed by atoms with Crippen molar-refractivity contribution in [1.82, 2.24) is 0 Å². The molecule has 87 heavy (non-hydrogen) atoms. The summed E-state index contributed by atoms with van der Waals surface area (Å²) in [6, 6.07) is 0. The lowest BCUT2D eigenvalue weighted by Gasteiger charge is -2.25. The van der Waals surface area contributed by atoms with Crippen LogP contribution in [0.3, 0.4) is 0 Å². The number of unbranched alkanes of at least 4 members (excludes halogenated alkanes) is 45. The number of carboxylic acids is 1. The molecule has 1 N–H and O–H groups in total. The van der Waals surface area contributed by atoms with E-state index in [1.54, 1.807) is 0 Å². The fraction of sp³-hybridized carbons (Fsp3) is 0.833. The fourth-order valence-corrected chi connectivity index (χ4v) is 11.0. The van der Waals surface area contributed by atoms with Gasteiger partial charge in [-0.25, -0.2) is 4.79 Å². The van der Waals surface area contributed by atoms with E-state index in [0.717, 1.165) is 57.8 Å². The Morgan fingerprint density at radius 1 is 0.345 bits per heavy atom. The Morgan fingerprint density at radius 3 is 0.920 bits per heavy atom. The van der Waals surface area contributed by atoms with Gasteiger partial charge in [0.1, 0.15) is 13.2 Å². The van der Waals surface area contributed by atoms with E-state index >= 15 is 0 Å². The minimum absolute atomic E-state index is 0.179. The van der Waals surface area contributed by atoms with E-state index in [4.69, 9.17) is 18.9 Å². The zero-order valence-corrected chi connectivity index (χ0v) is 58.2. The zero-order chi connectivity index (χ0) is 63.3. The lowest BCUT2D eigenvalue weighted by Crippen LogP contribution is -2.40. The van der Waals surface area contributed by atoms with Crippen molar-refractivity contribution in [3.8, 4) is 0 Å². The monoisotopic (exact) mass is 1220 g/mol. The van der Waals surface area contributed by atoms with Crippen molar-refractivity contribution in [3.05, 3.63) is 60.8 Å². The summed E-state index contributed by atoms with van der Waals surface area (Å²) in [7, 11) is 5.99. The van der Waals surface area contributed by atoms with Gasteiger partial charge in [0.2, 0.25) is 0 Å². The first-order valence-electron chi connectivity index (χ1n) is 37.5. The summed E-state index contributed by atoms with van der Waals surface area (Å²) in [5.74, 6) is -1.98. The number of aliphatic carboxylic acids is 1. The number of allylic oxidation sites excluding steroid dienone is 10. The minimum atomic E-state index is -1.51. The molecule has 0 radical (unpaired) electrons. The highest BCUT2D eigenvalue weighted by Crippen LogP contribution is 2.19. The largest absolute Gasteiger partial charge is 0.477 e. The summed E-state index contributed by atoms with van der Waals surface area (Å²) in [6.45, 7) is 4.91. The van der Waals surface area contributed by atoms with Crippen LogP contribution in [-0.4, -0.2) is 87.4 Å². The number of likely N-dealkylation sites (N-methyl/N-ethyl adjacent to an activating group) is 1. The van der Waals surface area contributed by atoms with Crippen LogP contribution in [0.5, 0.6) is 0 Å². The molecule has 2 unspecified atom stereocenters. The molecule has 0 aromatic heterocycles. The van der Waals surface area contributed by atoms with E-state index in [9.17, 15) is 19.5 Å². The number of esters is 2. The van der Waals surface area contributed by atoms with E-state index in [0.29, 0.717) is 17.4 Å². The molecule has 0 aliphatic rings. The van der Waals surface area contributed by atoms with Gasteiger partial charge in [0.25, 0.3) is 6.29 Å².